The molecule has 5 heteroatoms. The van der Waals surface area contributed by atoms with E-state index in [1.807, 2.05) is 24.3 Å². The van der Waals surface area contributed by atoms with Crippen molar-refractivity contribution in [1.82, 2.24) is 9.97 Å². The molecule has 154 valence electrons. The molecule has 1 heterocycles. The summed E-state index contributed by atoms with van der Waals surface area (Å²) < 4.78 is 26.6. The zero-order valence-corrected chi connectivity index (χ0v) is 17.4. The lowest BCUT2D eigenvalue weighted by Crippen LogP contribution is -2.26. The summed E-state index contributed by atoms with van der Waals surface area (Å²) in [5, 5.41) is 11.0. The van der Waals surface area contributed by atoms with Gasteiger partial charge in [0.2, 0.25) is 0 Å². The van der Waals surface area contributed by atoms with Crippen LogP contribution >= 0.6 is 0 Å². The van der Waals surface area contributed by atoms with E-state index < -0.39 is 17.2 Å². The molecule has 1 unspecified atom stereocenters. The highest BCUT2D eigenvalue weighted by atomic mass is 19.2. The van der Waals surface area contributed by atoms with E-state index in [1.165, 1.54) is 6.07 Å². The van der Waals surface area contributed by atoms with Crippen LogP contribution in [0.15, 0.2) is 48.7 Å². The first-order valence-corrected chi connectivity index (χ1v) is 9.91. The number of aliphatic hydroxyl groups is 1. The van der Waals surface area contributed by atoms with Gasteiger partial charge >= 0.3 is 0 Å². The Kier molecular flexibility index (Phi) is 5.90. The fraction of sp³-hybridized carbons (Fsp3) is 0.375. The monoisotopic (exact) mass is 398 g/mol. The first kappa shape index (κ1) is 21.2. The molecule has 0 amide bonds. The Morgan fingerprint density at radius 2 is 1.59 bits per heavy atom. The van der Waals surface area contributed by atoms with Gasteiger partial charge in [0.25, 0.3) is 0 Å². The highest BCUT2D eigenvalue weighted by Crippen LogP contribution is 2.28. The highest BCUT2D eigenvalue weighted by Gasteiger charge is 2.28. The molecule has 0 aliphatic heterocycles. The summed E-state index contributed by atoms with van der Waals surface area (Å²) in [7, 11) is 0. The number of benzene rings is 2. The maximum atomic E-state index is 13.5. The molecular formula is C24H28F2N2O. The number of H-pyrrole nitrogens is 1. The molecule has 3 aromatic rings. The third kappa shape index (κ3) is 5.10. The number of halogens is 2. The smallest absolute Gasteiger partial charge is 0.159 e. The van der Waals surface area contributed by atoms with E-state index in [4.69, 9.17) is 0 Å². The number of imidazole rings is 1. The third-order valence-corrected chi connectivity index (χ3v) is 5.52. The van der Waals surface area contributed by atoms with Crippen molar-refractivity contribution in [2.24, 2.45) is 5.41 Å². The molecule has 1 atom stereocenters. The van der Waals surface area contributed by atoms with Gasteiger partial charge in [0.1, 0.15) is 11.4 Å². The summed E-state index contributed by atoms with van der Waals surface area (Å²) in [4.78, 5) is 7.68. The molecule has 2 N–H and O–H groups in total. The van der Waals surface area contributed by atoms with Crippen LogP contribution in [0.5, 0.6) is 0 Å². The molecule has 3 rings (SSSR count). The summed E-state index contributed by atoms with van der Waals surface area (Å²) >= 11 is 0. The second-order valence-corrected chi connectivity index (χ2v) is 8.73. The Hall–Kier alpha value is -2.53. The highest BCUT2D eigenvalue weighted by molar-refractivity contribution is 5.63. The van der Waals surface area contributed by atoms with Gasteiger partial charge in [0.15, 0.2) is 11.6 Å². The van der Waals surface area contributed by atoms with Gasteiger partial charge in [-0.1, -0.05) is 57.5 Å². The number of hydrogen-bond acceptors (Lipinski definition) is 2. The van der Waals surface area contributed by atoms with Gasteiger partial charge in [-0.15, -0.1) is 0 Å². The predicted octanol–water partition coefficient (Wildman–Crippen LogP) is 5.78. The van der Waals surface area contributed by atoms with Gasteiger partial charge in [-0.05, 0) is 47.6 Å². The second-order valence-electron chi connectivity index (χ2n) is 8.73. The average molecular weight is 398 g/mol. The van der Waals surface area contributed by atoms with Crippen molar-refractivity contribution in [3.63, 3.8) is 0 Å². The molecule has 2 aromatic carbocycles. The molecule has 0 saturated carbocycles. The number of aromatic amines is 1. The van der Waals surface area contributed by atoms with E-state index in [-0.39, 0.29) is 5.41 Å². The van der Waals surface area contributed by atoms with Crippen LogP contribution in [0.1, 0.15) is 51.2 Å². The summed E-state index contributed by atoms with van der Waals surface area (Å²) in [6, 6.07) is 11.3. The lowest BCUT2D eigenvalue weighted by molar-refractivity contribution is 0.0488. The average Bonchev–Trinajstić information content (AvgIpc) is 3.13. The summed E-state index contributed by atoms with van der Waals surface area (Å²) in [6.45, 7) is 8.32. The quantitative estimate of drug-likeness (QED) is 0.530. The Labute approximate surface area is 170 Å². The number of hydrogen-bond donors (Lipinski definition) is 2. The van der Waals surface area contributed by atoms with Gasteiger partial charge in [-0.25, -0.2) is 13.8 Å². The van der Waals surface area contributed by atoms with Gasteiger partial charge in [0, 0.05) is 18.3 Å². The zero-order chi connectivity index (χ0) is 21.2. The lowest BCUT2D eigenvalue weighted by Gasteiger charge is -2.23. The van der Waals surface area contributed by atoms with Crippen LogP contribution in [0.2, 0.25) is 0 Å². The SMILES string of the molecule is CCC(C)(C)Cc1cnc(C(C)(O)Cc2ccc(-c3ccc(F)c(F)c3)cc2)[nH]1. The van der Waals surface area contributed by atoms with Crippen molar-refractivity contribution < 1.29 is 13.9 Å². The first-order chi connectivity index (χ1) is 13.6. The molecule has 0 aliphatic carbocycles. The zero-order valence-electron chi connectivity index (χ0n) is 17.4. The van der Waals surface area contributed by atoms with Crippen molar-refractivity contribution in [1.29, 1.82) is 0 Å². The van der Waals surface area contributed by atoms with Gasteiger partial charge in [-0.2, -0.15) is 0 Å². The van der Waals surface area contributed by atoms with Crippen molar-refractivity contribution in [2.75, 3.05) is 0 Å². The van der Waals surface area contributed by atoms with Crippen LogP contribution < -0.4 is 0 Å². The molecule has 1 aromatic heterocycles. The normalized spacial score (nSPS) is 14.0. The molecular weight excluding hydrogens is 370 g/mol. The molecule has 0 aliphatic rings. The Morgan fingerprint density at radius 1 is 0.931 bits per heavy atom. The summed E-state index contributed by atoms with van der Waals surface area (Å²) in [6.07, 6.45) is 4.11. The largest absolute Gasteiger partial charge is 0.382 e. The minimum atomic E-state index is -1.14. The Balaban J connectivity index is 1.73. The molecule has 29 heavy (non-hydrogen) atoms. The molecule has 0 radical (unpaired) electrons. The van der Waals surface area contributed by atoms with Crippen molar-refractivity contribution in [2.45, 2.75) is 52.6 Å². The molecule has 0 bridgehead atoms. The summed E-state index contributed by atoms with van der Waals surface area (Å²) in [5.74, 6) is -1.18. The van der Waals surface area contributed by atoms with Gasteiger partial charge in [-0.3, -0.25) is 0 Å². The molecule has 0 spiro atoms. The van der Waals surface area contributed by atoms with Gasteiger partial charge in [0.05, 0.1) is 0 Å². The third-order valence-electron chi connectivity index (χ3n) is 5.52. The number of nitrogens with zero attached hydrogens (tertiary/aromatic N) is 1. The molecule has 3 nitrogen and oxygen atoms in total. The van der Waals surface area contributed by atoms with Crippen LogP contribution in [0, 0.1) is 17.0 Å². The first-order valence-electron chi connectivity index (χ1n) is 9.91. The number of aromatic nitrogens is 2. The molecule has 0 saturated heterocycles. The lowest BCUT2D eigenvalue weighted by atomic mass is 9.85. The maximum Gasteiger partial charge on any atom is 0.159 e. The van der Waals surface area contributed by atoms with Crippen molar-refractivity contribution in [3.8, 4) is 11.1 Å². The Morgan fingerprint density at radius 3 is 2.21 bits per heavy atom. The van der Waals surface area contributed by atoms with Crippen LogP contribution in [0.25, 0.3) is 11.1 Å². The Bertz CT molecular complexity index is 975. The predicted molar refractivity (Wildman–Crippen MR) is 111 cm³/mol. The molecule has 0 fully saturated rings. The van der Waals surface area contributed by atoms with E-state index >= 15 is 0 Å². The maximum absolute atomic E-state index is 13.5. The fourth-order valence-electron chi connectivity index (χ4n) is 3.34. The number of nitrogens with one attached hydrogen (secondary N) is 1. The van der Waals surface area contributed by atoms with Crippen molar-refractivity contribution >= 4 is 0 Å². The standard InChI is InChI=1S/C24H28F2N2O/c1-5-23(2,3)14-19-15-27-22(28-19)24(4,29)13-16-6-8-17(9-7-16)18-10-11-20(25)21(26)12-18/h6-12,15,29H,5,13-14H2,1-4H3,(H,27,28). The minimum Gasteiger partial charge on any atom is -0.382 e. The van der Waals surface area contributed by atoms with E-state index in [1.54, 1.807) is 19.2 Å². The fourth-order valence-corrected chi connectivity index (χ4v) is 3.34. The second kappa shape index (κ2) is 8.07. The van der Waals surface area contributed by atoms with E-state index in [2.05, 4.69) is 30.7 Å². The van der Waals surface area contributed by atoms with Crippen molar-refractivity contribution in [3.05, 3.63) is 77.4 Å². The van der Waals surface area contributed by atoms with Crippen LogP contribution in [-0.2, 0) is 18.4 Å². The van der Waals surface area contributed by atoms with E-state index in [0.717, 1.165) is 35.7 Å². The van der Waals surface area contributed by atoms with Crippen LogP contribution in [0.4, 0.5) is 8.78 Å². The summed E-state index contributed by atoms with van der Waals surface area (Å²) in [5.41, 5.74) is 2.36. The van der Waals surface area contributed by atoms with Gasteiger partial charge < -0.3 is 10.1 Å². The van der Waals surface area contributed by atoms with Crippen LogP contribution in [-0.4, -0.2) is 15.1 Å². The van der Waals surface area contributed by atoms with E-state index in [0.29, 0.717) is 17.8 Å². The number of rotatable bonds is 7. The van der Waals surface area contributed by atoms with E-state index in [9.17, 15) is 13.9 Å². The topological polar surface area (TPSA) is 48.9 Å². The van der Waals surface area contributed by atoms with Crippen LogP contribution in [0.3, 0.4) is 0 Å². The minimum absolute atomic E-state index is 0.172.